The number of anilines is 1. The van der Waals surface area contributed by atoms with E-state index in [0.29, 0.717) is 17.8 Å². The summed E-state index contributed by atoms with van der Waals surface area (Å²) in [5.41, 5.74) is 0.676. The molecule has 23 heavy (non-hydrogen) atoms. The molecule has 0 spiro atoms. The first-order valence-electron chi connectivity index (χ1n) is 7.63. The van der Waals surface area contributed by atoms with Gasteiger partial charge in [0.15, 0.2) is 0 Å². The molecule has 0 fully saturated rings. The Morgan fingerprint density at radius 2 is 1.91 bits per heavy atom. The molecule has 128 valence electrons. The Bertz CT molecular complexity index is 550. The SMILES string of the molecule is CN(C)CCNC(=O)c1cccc(NC(C(=O)O)C(C)(C)C)c1. The third kappa shape index (κ3) is 6.28. The largest absolute Gasteiger partial charge is 0.480 e. The number of nitrogens with one attached hydrogen (secondary N) is 2. The summed E-state index contributed by atoms with van der Waals surface area (Å²) in [5, 5.41) is 15.2. The number of aliphatic carboxylic acids is 1. The number of hydrogen-bond acceptors (Lipinski definition) is 4. The Hall–Kier alpha value is -2.08. The van der Waals surface area contributed by atoms with E-state index in [4.69, 9.17) is 0 Å². The van der Waals surface area contributed by atoms with E-state index < -0.39 is 17.4 Å². The molecule has 0 saturated heterocycles. The van der Waals surface area contributed by atoms with Gasteiger partial charge in [0.2, 0.25) is 0 Å². The van der Waals surface area contributed by atoms with Crippen LogP contribution in [0.2, 0.25) is 0 Å². The Kier molecular flexibility index (Phi) is 6.57. The van der Waals surface area contributed by atoms with Crippen LogP contribution in [0.3, 0.4) is 0 Å². The van der Waals surface area contributed by atoms with Crippen molar-refractivity contribution >= 4 is 17.6 Å². The second-order valence-corrected chi connectivity index (χ2v) is 6.92. The van der Waals surface area contributed by atoms with Crippen LogP contribution >= 0.6 is 0 Å². The molecule has 1 atom stereocenters. The molecule has 6 nitrogen and oxygen atoms in total. The van der Waals surface area contributed by atoms with Crippen molar-refractivity contribution in [2.75, 3.05) is 32.5 Å². The van der Waals surface area contributed by atoms with Gasteiger partial charge in [0.25, 0.3) is 5.91 Å². The van der Waals surface area contributed by atoms with Crippen LogP contribution in [0.4, 0.5) is 5.69 Å². The van der Waals surface area contributed by atoms with E-state index in [1.54, 1.807) is 24.3 Å². The lowest BCUT2D eigenvalue weighted by atomic mass is 9.86. The highest BCUT2D eigenvalue weighted by atomic mass is 16.4. The minimum absolute atomic E-state index is 0.168. The van der Waals surface area contributed by atoms with Gasteiger partial charge in [-0.25, -0.2) is 4.79 Å². The molecule has 1 rings (SSSR count). The molecule has 0 aliphatic carbocycles. The highest BCUT2D eigenvalue weighted by Gasteiger charge is 2.31. The number of carboxylic acids is 1. The van der Waals surface area contributed by atoms with Gasteiger partial charge >= 0.3 is 5.97 Å². The van der Waals surface area contributed by atoms with Crippen molar-refractivity contribution in [3.63, 3.8) is 0 Å². The van der Waals surface area contributed by atoms with Gasteiger partial charge < -0.3 is 20.6 Å². The molecule has 1 unspecified atom stereocenters. The van der Waals surface area contributed by atoms with Crippen molar-refractivity contribution in [3.05, 3.63) is 29.8 Å². The predicted octanol–water partition coefficient (Wildman–Crippen LogP) is 1.89. The summed E-state index contributed by atoms with van der Waals surface area (Å²) in [7, 11) is 3.88. The van der Waals surface area contributed by atoms with Gasteiger partial charge in [-0.1, -0.05) is 26.8 Å². The number of nitrogens with zero attached hydrogens (tertiary/aromatic N) is 1. The van der Waals surface area contributed by atoms with E-state index in [-0.39, 0.29) is 5.91 Å². The zero-order valence-electron chi connectivity index (χ0n) is 14.5. The van der Waals surface area contributed by atoms with Crippen molar-refractivity contribution in [2.24, 2.45) is 5.41 Å². The quantitative estimate of drug-likeness (QED) is 0.714. The van der Waals surface area contributed by atoms with Crippen LogP contribution in [-0.2, 0) is 4.79 Å². The van der Waals surface area contributed by atoms with Crippen LogP contribution < -0.4 is 10.6 Å². The number of benzene rings is 1. The first-order chi connectivity index (χ1) is 10.6. The van der Waals surface area contributed by atoms with E-state index in [2.05, 4.69) is 10.6 Å². The summed E-state index contributed by atoms with van der Waals surface area (Å²) in [5.74, 6) is -1.09. The molecule has 0 bridgehead atoms. The topological polar surface area (TPSA) is 81.7 Å². The van der Waals surface area contributed by atoms with Crippen LogP contribution in [0.1, 0.15) is 31.1 Å². The van der Waals surface area contributed by atoms with Crippen molar-refractivity contribution in [1.29, 1.82) is 0 Å². The number of carbonyl (C=O) groups excluding carboxylic acids is 1. The molecule has 1 aromatic rings. The molecule has 0 aromatic heterocycles. The average molecular weight is 321 g/mol. The number of carboxylic acid groups (broad SMARTS) is 1. The van der Waals surface area contributed by atoms with E-state index >= 15 is 0 Å². The summed E-state index contributed by atoms with van der Waals surface area (Å²) in [6.45, 7) is 6.89. The Balaban J connectivity index is 2.80. The fraction of sp³-hybridized carbons (Fsp3) is 0.529. The maximum Gasteiger partial charge on any atom is 0.326 e. The minimum atomic E-state index is -0.918. The predicted molar refractivity (Wildman–Crippen MR) is 91.8 cm³/mol. The van der Waals surface area contributed by atoms with Crippen LogP contribution in [0.15, 0.2) is 24.3 Å². The maximum absolute atomic E-state index is 12.1. The number of likely N-dealkylation sites (N-methyl/N-ethyl adjacent to an activating group) is 1. The molecular formula is C17H27N3O3. The van der Waals surface area contributed by atoms with Gasteiger partial charge in [0.05, 0.1) is 0 Å². The second kappa shape index (κ2) is 7.97. The smallest absolute Gasteiger partial charge is 0.326 e. The first-order valence-corrected chi connectivity index (χ1v) is 7.63. The van der Waals surface area contributed by atoms with Crippen molar-refractivity contribution in [3.8, 4) is 0 Å². The van der Waals surface area contributed by atoms with Crippen molar-refractivity contribution in [2.45, 2.75) is 26.8 Å². The number of rotatable bonds is 7. The van der Waals surface area contributed by atoms with Gasteiger partial charge in [0.1, 0.15) is 6.04 Å². The molecule has 1 amide bonds. The maximum atomic E-state index is 12.1. The zero-order valence-corrected chi connectivity index (χ0v) is 14.5. The van der Waals surface area contributed by atoms with Gasteiger partial charge in [0, 0.05) is 24.3 Å². The van der Waals surface area contributed by atoms with Crippen LogP contribution in [-0.4, -0.2) is 55.1 Å². The zero-order chi connectivity index (χ0) is 17.6. The summed E-state index contributed by atoms with van der Waals surface area (Å²) in [6, 6.07) is 6.15. The van der Waals surface area contributed by atoms with Gasteiger partial charge in [-0.2, -0.15) is 0 Å². The first kappa shape index (κ1) is 19.0. The number of amides is 1. The molecule has 6 heteroatoms. The van der Waals surface area contributed by atoms with E-state index in [1.165, 1.54) is 0 Å². The van der Waals surface area contributed by atoms with Gasteiger partial charge in [-0.05, 0) is 37.7 Å². The lowest BCUT2D eigenvalue weighted by Crippen LogP contribution is -2.41. The molecular weight excluding hydrogens is 294 g/mol. The fourth-order valence-corrected chi connectivity index (χ4v) is 2.06. The summed E-state index contributed by atoms with van der Waals surface area (Å²) in [6.07, 6.45) is 0. The second-order valence-electron chi connectivity index (χ2n) is 6.92. The lowest BCUT2D eigenvalue weighted by Gasteiger charge is -2.28. The molecule has 0 aliphatic rings. The summed E-state index contributed by atoms with van der Waals surface area (Å²) >= 11 is 0. The molecule has 0 heterocycles. The minimum Gasteiger partial charge on any atom is -0.480 e. The van der Waals surface area contributed by atoms with Crippen LogP contribution in [0.5, 0.6) is 0 Å². The lowest BCUT2D eigenvalue weighted by molar-refractivity contribution is -0.140. The number of hydrogen-bond donors (Lipinski definition) is 3. The van der Waals surface area contributed by atoms with Crippen LogP contribution in [0, 0.1) is 5.41 Å². The van der Waals surface area contributed by atoms with Gasteiger partial charge in [-0.3, -0.25) is 4.79 Å². The Labute approximate surface area is 137 Å². The molecule has 0 aliphatic heterocycles. The van der Waals surface area contributed by atoms with Crippen LogP contribution in [0.25, 0.3) is 0 Å². The van der Waals surface area contributed by atoms with E-state index in [0.717, 1.165) is 6.54 Å². The van der Waals surface area contributed by atoms with E-state index in [9.17, 15) is 14.7 Å². The fourth-order valence-electron chi connectivity index (χ4n) is 2.06. The highest BCUT2D eigenvalue weighted by Crippen LogP contribution is 2.24. The third-order valence-corrected chi connectivity index (χ3v) is 3.39. The Morgan fingerprint density at radius 3 is 2.43 bits per heavy atom. The normalized spacial score (nSPS) is 12.8. The average Bonchev–Trinajstić information content (AvgIpc) is 2.43. The molecule has 3 N–H and O–H groups in total. The molecule has 1 aromatic carbocycles. The van der Waals surface area contributed by atoms with Crippen molar-refractivity contribution in [1.82, 2.24) is 10.2 Å². The molecule has 0 saturated carbocycles. The summed E-state index contributed by atoms with van der Waals surface area (Å²) < 4.78 is 0. The van der Waals surface area contributed by atoms with Gasteiger partial charge in [-0.15, -0.1) is 0 Å². The highest BCUT2D eigenvalue weighted by molar-refractivity contribution is 5.95. The monoisotopic (exact) mass is 321 g/mol. The summed E-state index contributed by atoms with van der Waals surface area (Å²) in [4.78, 5) is 25.5. The third-order valence-electron chi connectivity index (χ3n) is 3.39. The standard InChI is InChI=1S/C17H27N3O3/c1-17(2,3)14(16(22)23)19-13-8-6-7-12(11-13)15(21)18-9-10-20(4)5/h6-8,11,14,19H,9-10H2,1-5H3,(H,18,21)(H,22,23). The molecule has 0 radical (unpaired) electrons. The number of carbonyl (C=O) groups is 2. The Morgan fingerprint density at radius 1 is 1.26 bits per heavy atom. The van der Waals surface area contributed by atoms with Crippen molar-refractivity contribution < 1.29 is 14.7 Å². The van der Waals surface area contributed by atoms with E-state index in [1.807, 2.05) is 39.8 Å².